The molecular formula is C10H13NO5S. The Morgan fingerprint density at radius 2 is 1.71 bits per heavy atom. The number of hydrogen-bond donors (Lipinski definition) is 3. The summed E-state index contributed by atoms with van der Waals surface area (Å²) >= 11 is 0. The quantitative estimate of drug-likeness (QED) is 0.642. The molecule has 17 heavy (non-hydrogen) atoms. The number of benzene rings is 1. The molecule has 0 saturated carbocycles. The van der Waals surface area contributed by atoms with Crippen LogP contribution in [0.5, 0.6) is 0 Å². The molecule has 0 aliphatic heterocycles. The van der Waals surface area contributed by atoms with Gasteiger partial charge in [-0.15, -0.1) is 0 Å². The fourth-order valence-corrected chi connectivity index (χ4v) is 1.94. The van der Waals surface area contributed by atoms with E-state index in [0.717, 1.165) is 0 Å². The zero-order valence-corrected chi connectivity index (χ0v) is 9.72. The van der Waals surface area contributed by atoms with Gasteiger partial charge in [-0.1, -0.05) is 24.3 Å². The summed E-state index contributed by atoms with van der Waals surface area (Å²) in [5.74, 6) is -1.55. The van der Waals surface area contributed by atoms with Crippen LogP contribution in [-0.4, -0.2) is 30.1 Å². The predicted octanol–water partition coefficient (Wildman–Crippen LogP) is 0.0288. The van der Waals surface area contributed by atoms with E-state index in [0.29, 0.717) is 11.1 Å². The van der Waals surface area contributed by atoms with Crippen LogP contribution in [0.3, 0.4) is 0 Å². The minimum absolute atomic E-state index is 0.168. The summed E-state index contributed by atoms with van der Waals surface area (Å²) in [5.41, 5.74) is 6.48. The second-order valence-corrected chi connectivity index (χ2v) is 5.14. The Bertz CT molecular complexity index is 494. The van der Waals surface area contributed by atoms with Crippen LogP contribution in [0.1, 0.15) is 11.1 Å². The van der Waals surface area contributed by atoms with Crippen molar-refractivity contribution in [2.24, 2.45) is 5.73 Å². The Hall–Kier alpha value is -1.44. The first-order chi connectivity index (χ1) is 7.78. The van der Waals surface area contributed by atoms with E-state index in [4.69, 9.17) is 15.4 Å². The molecule has 1 aromatic rings. The minimum Gasteiger partial charge on any atom is -0.480 e. The zero-order chi connectivity index (χ0) is 13.1. The van der Waals surface area contributed by atoms with E-state index < -0.39 is 27.9 Å². The first-order valence-corrected chi connectivity index (χ1v) is 6.40. The summed E-state index contributed by atoms with van der Waals surface area (Å²) < 4.78 is 29.9. The Morgan fingerprint density at radius 1 is 1.24 bits per heavy atom. The van der Waals surface area contributed by atoms with Crippen LogP contribution < -0.4 is 5.73 Å². The summed E-state index contributed by atoms with van der Waals surface area (Å²) in [6.07, 6.45) is 0.168. The van der Waals surface area contributed by atoms with Crippen LogP contribution in [0.25, 0.3) is 0 Å². The smallest absolute Gasteiger partial charge is 0.320 e. The lowest BCUT2D eigenvalue weighted by Gasteiger charge is -2.06. The third kappa shape index (κ3) is 4.94. The lowest BCUT2D eigenvalue weighted by Crippen LogP contribution is -2.32. The topological polar surface area (TPSA) is 118 Å². The first-order valence-electron chi connectivity index (χ1n) is 4.79. The molecule has 0 bridgehead atoms. The van der Waals surface area contributed by atoms with E-state index in [1.54, 1.807) is 12.1 Å². The van der Waals surface area contributed by atoms with Crippen molar-refractivity contribution in [1.29, 1.82) is 0 Å². The maximum Gasteiger partial charge on any atom is 0.320 e. The molecule has 1 aromatic carbocycles. The fourth-order valence-electron chi connectivity index (χ4n) is 1.32. The molecule has 1 atom stereocenters. The Labute approximate surface area is 98.8 Å². The molecule has 0 spiro atoms. The van der Waals surface area contributed by atoms with Crippen LogP contribution in [0.2, 0.25) is 0 Å². The number of hydrogen-bond acceptors (Lipinski definition) is 4. The van der Waals surface area contributed by atoms with Crippen molar-refractivity contribution in [2.75, 3.05) is 0 Å². The average Bonchev–Trinajstić information content (AvgIpc) is 2.18. The van der Waals surface area contributed by atoms with Gasteiger partial charge >= 0.3 is 5.97 Å². The normalized spacial score (nSPS) is 13.3. The molecule has 94 valence electrons. The molecule has 1 rings (SSSR count). The second kappa shape index (κ2) is 5.26. The van der Waals surface area contributed by atoms with Gasteiger partial charge in [-0.25, -0.2) is 0 Å². The van der Waals surface area contributed by atoms with Gasteiger partial charge in [0.1, 0.15) is 11.8 Å². The van der Waals surface area contributed by atoms with Gasteiger partial charge in [0, 0.05) is 0 Å². The van der Waals surface area contributed by atoms with E-state index in [1.165, 1.54) is 12.1 Å². The highest BCUT2D eigenvalue weighted by molar-refractivity contribution is 7.85. The SMILES string of the molecule is N[C@H](Cc1ccc(CS(=O)(=O)O)cc1)C(=O)O. The van der Waals surface area contributed by atoms with Crippen molar-refractivity contribution in [2.45, 2.75) is 18.2 Å². The second-order valence-electron chi connectivity index (χ2n) is 3.69. The molecule has 0 saturated heterocycles. The van der Waals surface area contributed by atoms with E-state index >= 15 is 0 Å². The molecular weight excluding hydrogens is 246 g/mol. The lowest BCUT2D eigenvalue weighted by atomic mass is 10.1. The lowest BCUT2D eigenvalue weighted by molar-refractivity contribution is -0.138. The molecule has 0 aliphatic carbocycles. The van der Waals surface area contributed by atoms with Crippen LogP contribution in [-0.2, 0) is 27.1 Å². The van der Waals surface area contributed by atoms with Gasteiger partial charge in [0.2, 0.25) is 0 Å². The van der Waals surface area contributed by atoms with Gasteiger partial charge in [-0.05, 0) is 17.5 Å². The van der Waals surface area contributed by atoms with Crippen molar-refractivity contribution in [3.63, 3.8) is 0 Å². The standard InChI is InChI=1S/C10H13NO5S/c11-9(10(12)13)5-7-1-3-8(4-2-7)6-17(14,15)16/h1-4,9H,5-6,11H2,(H,12,13)(H,14,15,16)/t9-/m1/s1. The van der Waals surface area contributed by atoms with E-state index in [9.17, 15) is 13.2 Å². The van der Waals surface area contributed by atoms with Gasteiger partial charge in [0.15, 0.2) is 0 Å². The molecule has 0 amide bonds. The van der Waals surface area contributed by atoms with E-state index in [-0.39, 0.29) is 6.42 Å². The van der Waals surface area contributed by atoms with Gasteiger partial charge < -0.3 is 10.8 Å². The number of carboxylic acid groups (broad SMARTS) is 1. The molecule has 7 heteroatoms. The van der Waals surface area contributed by atoms with E-state index in [2.05, 4.69) is 0 Å². The minimum atomic E-state index is -4.05. The molecule has 0 aliphatic rings. The Morgan fingerprint density at radius 3 is 2.12 bits per heavy atom. The van der Waals surface area contributed by atoms with Crippen molar-refractivity contribution < 1.29 is 22.9 Å². The highest BCUT2D eigenvalue weighted by atomic mass is 32.2. The van der Waals surface area contributed by atoms with Crippen LogP contribution in [0, 0.1) is 0 Å². The van der Waals surface area contributed by atoms with Crippen molar-refractivity contribution in [3.05, 3.63) is 35.4 Å². The number of carboxylic acids is 1. The highest BCUT2D eigenvalue weighted by Gasteiger charge is 2.12. The monoisotopic (exact) mass is 259 g/mol. The van der Waals surface area contributed by atoms with Gasteiger partial charge in [-0.2, -0.15) is 8.42 Å². The third-order valence-electron chi connectivity index (χ3n) is 2.14. The maximum absolute atomic E-state index is 10.6. The molecule has 4 N–H and O–H groups in total. The fraction of sp³-hybridized carbons (Fsp3) is 0.300. The predicted molar refractivity (Wildman–Crippen MR) is 61.0 cm³/mol. The van der Waals surface area contributed by atoms with Gasteiger partial charge in [0.25, 0.3) is 10.1 Å². The molecule has 0 radical (unpaired) electrons. The number of rotatable bonds is 5. The van der Waals surface area contributed by atoms with Crippen molar-refractivity contribution in [1.82, 2.24) is 0 Å². The Kier molecular flexibility index (Phi) is 4.22. The van der Waals surface area contributed by atoms with E-state index in [1.807, 2.05) is 0 Å². The molecule has 0 fully saturated rings. The number of nitrogens with two attached hydrogens (primary N) is 1. The highest BCUT2D eigenvalue weighted by Crippen LogP contribution is 2.09. The summed E-state index contributed by atoms with van der Waals surface area (Å²) in [5, 5.41) is 8.61. The molecule has 0 heterocycles. The third-order valence-corrected chi connectivity index (χ3v) is 2.84. The summed E-state index contributed by atoms with van der Waals surface area (Å²) in [7, 11) is -4.05. The molecule has 0 aromatic heterocycles. The van der Waals surface area contributed by atoms with Crippen LogP contribution >= 0.6 is 0 Å². The molecule has 0 unspecified atom stereocenters. The van der Waals surface area contributed by atoms with Gasteiger partial charge in [0.05, 0.1) is 0 Å². The van der Waals surface area contributed by atoms with Gasteiger partial charge in [-0.3, -0.25) is 9.35 Å². The van der Waals surface area contributed by atoms with Crippen LogP contribution in [0.4, 0.5) is 0 Å². The largest absolute Gasteiger partial charge is 0.480 e. The first kappa shape index (κ1) is 13.6. The number of aliphatic carboxylic acids is 1. The maximum atomic E-state index is 10.6. The Balaban J connectivity index is 2.72. The van der Waals surface area contributed by atoms with Crippen molar-refractivity contribution >= 4 is 16.1 Å². The van der Waals surface area contributed by atoms with Crippen molar-refractivity contribution in [3.8, 4) is 0 Å². The average molecular weight is 259 g/mol. The summed E-state index contributed by atoms with van der Waals surface area (Å²) in [6, 6.07) is 5.21. The summed E-state index contributed by atoms with van der Waals surface area (Å²) in [4.78, 5) is 10.5. The summed E-state index contributed by atoms with van der Waals surface area (Å²) in [6.45, 7) is 0. The molecule has 6 nitrogen and oxygen atoms in total. The van der Waals surface area contributed by atoms with Crippen LogP contribution in [0.15, 0.2) is 24.3 Å². The number of carbonyl (C=O) groups is 1. The zero-order valence-electron chi connectivity index (χ0n) is 8.91.